The number of carbonyl (C=O) groups excluding carboxylic acids is 1. The van der Waals surface area contributed by atoms with Crippen molar-refractivity contribution < 1.29 is 9.90 Å². The van der Waals surface area contributed by atoms with Gasteiger partial charge in [-0.25, -0.2) is 10.4 Å². The van der Waals surface area contributed by atoms with E-state index >= 15 is 0 Å². The van der Waals surface area contributed by atoms with Gasteiger partial charge in [0.15, 0.2) is 0 Å². The first-order valence-corrected chi connectivity index (χ1v) is 8.56. The predicted molar refractivity (Wildman–Crippen MR) is 103 cm³/mol. The molecule has 0 aliphatic heterocycles. The maximum atomic E-state index is 12.3. The first-order chi connectivity index (χ1) is 12.4. The summed E-state index contributed by atoms with van der Waals surface area (Å²) in [4.78, 5) is 16.7. The number of rotatable bonds is 4. The van der Waals surface area contributed by atoms with Gasteiger partial charge in [0, 0.05) is 10.6 Å². The maximum absolute atomic E-state index is 12.3. The van der Waals surface area contributed by atoms with Crippen molar-refractivity contribution in [3.8, 4) is 5.75 Å². The lowest BCUT2D eigenvalue weighted by Crippen LogP contribution is -2.24. The summed E-state index contributed by atoms with van der Waals surface area (Å²) in [5, 5.41) is 14.5. The molecule has 0 bridgehead atoms. The topological polar surface area (TPSA) is 79.5 Å². The Bertz CT molecular complexity index is 1030. The van der Waals surface area contributed by atoms with Crippen LogP contribution in [0.2, 0.25) is 10.0 Å². The van der Waals surface area contributed by atoms with Gasteiger partial charge in [0.1, 0.15) is 18.1 Å². The van der Waals surface area contributed by atoms with Crippen molar-refractivity contribution >= 4 is 45.9 Å². The van der Waals surface area contributed by atoms with Crippen molar-refractivity contribution in [3.05, 3.63) is 57.8 Å². The number of phenols is 1. The third kappa shape index (κ3) is 3.66. The molecule has 1 heterocycles. The third-order valence-electron chi connectivity index (χ3n) is 3.91. The maximum Gasteiger partial charge on any atom is 0.260 e. The minimum atomic E-state index is -0.316. The second-order valence-electron chi connectivity index (χ2n) is 5.75. The van der Waals surface area contributed by atoms with E-state index in [1.807, 2.05) is 35.8 Å². The predicted octanol–water partition coefficient (Wildman–Crippen LogP) is 3.90. The zero-order valence-corrected chi connectivity index (χ0v) is 15.6. The zero-order valence-electron chi connectivity index (χ0n) is 14.1. The van der Waals surface area contributed by atoms with Crippen molar-refractivity contribution in [2.45, 2.75) is 20.4 Å². The van der Waals surface area contributed by atoms with Crippen LogP contribution in [0.15, 0.2) is 41.5 Å². The fraction of sp³-hybridized carbons (Fsp3) is 0.167. The van der Waals surface area contributed by atoms with Crippen LogP contribution >= 0.6 is 23.2 Å². The highest BCUT2D eigenvalue weighted by molar-refractivity contribution is 6.36. The molecule has 1 aromatic heterocycles. The van der Waals surface area contributed by atoms with E-state index in [4.69, 9.17) is 23.2 Å². The van der Waals surface area contributed by atoms with Crippen molar-refractivity contribution in [3.63, 3.8) is 0 Å². The van der Waals surface area contributed by atoms with E-state index in [0.717, 1.165) is 16.9 Å². The van der Waals surface area contributed by atoms with Gasteiger partial charge in [0.25, 0.3) is 5.91 Å². The normalized spacial score (nSPS) is 11.8. The number of hydrogen-bond donors (Lipinski definition) is 2. The molecule has 0 unspecified atom stereocenters. The molecule has 26 heavy (non-hydrogen) atoms. The molecule has 3 aromatic rings. The van der Waals surface area contributed by atoms with E-state index in [1.165, 1.54) is 12.1 Å². The average Bonchev–Trinajstić information content (AvgIpc) is 2.91. The lowest BCUT2D eigenvalue weighted by Gasteiger charge is -2.08. The van der Waals surface area contributed by atoms with Gasteiger partial charge in [0.05, 0.1) is 21.8 Å². The van der Waals surface area contributed by atoms with Gasteiger partial charge in [-0.2, -0.15) is 5.10 Å². The molecule has 0 spiro atoms. The number of benzene rings is 2. The lowest BCUT2D eigenvalue weighted by atomic mass is 10.1. The minimum absolute atomic E-state index is 0.0748. The summed E-state index contributed by atoms with van der Waals surface area (Å²) >= 11 is 11.9. The van der Waals surface area contributed by atoms with Crippen LogP contribution in [0, 0.1) is 6.92 Å². The van der Waals surface area contributed by atoms with Crippen molar-refractivity contribution in [2.24, 2.45) is 5.10 Å². The van der Waals surface area contributed by atoms with Gasteiger partial charge < -0.3 is 9.67 Å². The van der Waals surface area contributed by atoms with E-state index in [0.29, 0.717) is 16.3 Å². The Hall–Kier alpha value is -2.57. The number of aryl methyl sites for hydroxylation is 1. The molecule has 0 fully saturated rings. The number of amides is 1. The molecule has 134 valence electrons. The largest absolute Gasteiger partial charge is 0.506 e. The van der Waals surface area contributed by atoms with Gasteiger partial charge >= 0.3 is 0 Å². The molecular weight excluding hydrogens is 375 g/mol. The molecule has 1 amide bonds. The first kappa shape index (κ1) is 18.2. The minimum Gasteiger partial charge on any atom is -0.506 e. The number of hydrazone groups is 1. The number of fused-ring (bicyclic) bond motifs is 1. The van der Waals surface area contributed by atoms with E-state index in [1.54, 1.807) is 6.92 Å². The van der Waals surface area contributed by atoms with Crippen LogP contribution < -0.4 is 5.43 Å². The number of aromatic hydroxyl groups is 1. The molecule has 3 rings (SSSR count). The third-order valence-corrected chi connectivity index (χ3v) is 4.42. The molecule has 0 saturated heterocycles. The zero-order chi connectivity index (χ0) is 18.8. The summed E-state index contributed by atoms with van der Waals surface area (Å²) in [5.41, 5.74) is 4.92. The van der Waals surface area contributed by atoms with Crippen molar-refractivity contribution in [1.82, 2.24) is 15.0 Å². The number of nitrogens with one attached hydrogen (secondary N) is 1. The standard InChI is InChI=1S/C18H16Cl2N4O2/c1-10(13-7-12(19)8-14(20)18(13)26)22-23-17(25)9-24-11(2)21-15-5-3-4-6-16(15)24/h3-8,26H,9H2,1-2H3,(H,23,25)/b22-10+. The van der Waals surface area contributed by atoms with Crippen LogP contribution in [0.4, 0.5) is 0 Å². The quantitative estimate of drug-likeness (QED) is 0.523. The first-order valence-electron chi connectivity index (χ1n) is 7.80. The van der Waals surface area contributed by atoms with Gasteiger partial charge in [-0.15, -0.1) is 0 Å². The fourth-order valence-corrected chi connectivity index (χ4v) is 3.12. The lowest BCUT2D eigenvalue weighted by molar-refractivity contribution is -0.121. The Morgan fingerprint density at radius 1 is 1.31 bits per heavy atom. The second-order valence-corrected chi connectivity index (χ2v) is 6.59. The summed E-state index contributed by atoms with van der Waals surface area (Å²) in [6, 6.07) is 10.6. The Morgan fingerprint density at radius 3 is 2.81 bits per heavy atom. The fourth-order valence-electron chi connectivity index (χ4n) is 2.62. The number of aromatic nitrogens is 2. The Labute approximate surface area is 160 Å². The molecule has 0 radical (unpaired) electrons. The average molecular weight is 391 g/mol. The van der Waals surface area contributed by atoms with Gasteiger partial charge in [-0.1, -0.05) is 35.3 Å². The molecule has 2 N–H and O–H groups in total. The van der Waals surface area contributed by atoms with E-state index in [9.17, 15) is 9.90 Å². The summed E-state index contributed by atoms with van der Waals surface area (Å²) in [6.45, 7) is 3.55. The molecule has 2 aromatic carbocycles. The monoisotopic (exact) mass is 390 g/mol. The molecule has 6 nitrogen and oxygen atoms in total. The Balaban J connectivity index is 1.78. The highest BCUT2D eigenvalue weighted by atomic mass is 35.5. The molecule has 0 saturated carbocycles. The summed E-state index contributed by atoms with van der Waals surface area (Å²) in [7, 11) is 0. The van der Waals surface area contributed by atoms with E-state index in [2.05, 4.69) is 15.5 Å². The molecular formula is C18H16Cl2N4O2. The Morgan fingerprint density at radius 2 is 2.04 bits per heavy atom. The number of hydrogen-bond acceptors (Lipinski definition) is 4. The second kappa shape index (κ2) is 7.35. The number of phenolic OH excluding ortho intramolecular Hbond substituents is 1. The highest BCUT2D eigenvalue weighted by Gasteiger charge is 2.13. The van der Waals surface area contributed by atoms with Gasteiger partial charge in [0.2, 0.25) is 0 Å². The summed E-state index contributed by atoms with van der Waals surface area (Å²) < 4.78 is 1.81. The summed E-state index contributed by atoms with van der Waals surface area (Å²) in [5.74, 6) is 0.285. The van der Waals surface area contributed by atoms with Crippen molar-refractivity contribution in [1.29, 1.82) is 0 Å². The number of para-hydroxylation sites is 2. The van der Waals surface area contributed by atoms with Crippen LogP contribution in [0.5, 0.6) is 5.75 Å². The van der Waals surface area contributed by atoms with E-state index in [-0.39, 0.29) is 23.2 Å². The van der Waals surface area contributed by atoms with Gasteiger partial charge in [-0.05, 0) is 38.1 Å². The van der Waals surface area contributed by atoms with Crippen LogP contribution in [0.3, 0.4) is 0 Å². The van der Waals surface area contributed by atoms with Crippen LogP contribution in [0.25, 0.3) is 11.0 Å². The van der Waals surface area contributed by atoms with Crippen LogP contribution in [-0.4, -0.2) is 26.3 Å². The number of nitrogens with zero attached hydrogens (tertiary/aromatic N) is 3. The molecule has 0 atom stereocenters. The van der Waals surface area contributed by atoms with E-state index < -0.39 is 0 Å². The molecule has 8 heteroatoms. The van der Waals surface area contributed by atoms with Crippen molar-refractivity contribution in [2.75, 3.05) is 0 Å². The number of imidazole rings is 1. The summed E-state index contributed by atoms with van der Waals surface area (Å²) in [6.07, 6.45) is 0. The van der Waals surface area contributed by atoms with Gasteiger partial charge in [-0.3, -0.25) is 4.79 Å². The number of halogens is 2. The van der Waals surface area contributed by atoms with Crippen LogP contribution in [-0.2, 0) is 11.3 Å². The highest BCUT2D eigenvalue weighted by Crippen LogP contribution is 2.31. The SMILES string of the molecule is C/C(=N\NC(=O)Cn1c(C)nc2ccccc21)c1cc(Cl)cc(Cl)c1O. The smallest absolute Gasteiger partial charge is 0.260 e. The Kier molecular flexibility index (Phi) is 5.15. The number of carbonyl (C=O) groups is 1. The van der Waals surface area contributed by atoms with Crippen LogP contribution in [0.1, 0.15) is 18.3 Å². The molecule has 0 aliphatic carbocycles. The molecule has 0 aliphatic rings.